The van der Waals surface area contributed by atoms with Crippen molar-refractivity contribution in [1.29, 1.82) is 0 Å². The van der Waals surface area contributed by atoms with Gasteiger partial charge in [0.2, 0.25) is 5.91 Å². The third-order valence-corrected chi connectivity index (χ3v) is 4.04. The maximum Gasteiger partial charge on any atom is 0.220 e. The molecule has 0 radical (unpaired) electrons. The predicted octanol–water partition coefficient (Wildman–Crippen LogP) is 2.88. The van der Waals surface area contributed by atoms with Gasteiger partial charge in [-0.2, -0.15) is 0 Å². The number of nitrogens with two attached hydrogens (primary N) is 1. The molecule has 1 aliphatic carbocycles. The number of aromatic nitrogens is 2. The summed E-state index contributed by atoms with van der Waals surface area (Å²) in [6.07, 6.45) is 3.50. The third-order valence-electron chi connectivity index (χ3n) is 3.85. The van der Waals surface area contributed by atoms with E-state index in [2.05, 4.69) is 36.1 Å². The fraction of sp³-hybridized carbons (Fsp3) is 0.667. The molecular formula is C15H23ClN4O. The minimum absolute atomic E-state index is 0.0159. The van der Waals surface area contributed by atoms with Crippen molar-refractivity contribution < 1.29 is 4.79 Å². The molecule has 1 aromatic heterocycles. The van der Waals surface area contributed by atoms with Crippen LogP contribution in [0.2, 0.25) is 5.15 Å². The number of anilines is 1. The molecule has 1 saturated carbocycles. The number of carbonyl (C=O) groups excluding carboxylic acids is 1. The van der Waals surface area contributed by atoms with Crippen LogP contribution >= 0.6 is 11.6 Å². The van der Waals surface area contributed by atoms with Gasteiger partial charge >= 0.3 is 0 Å². The maximum atomic E-state index is 11.2. The lowest BCUT2D eigenvalue weighted by atomic mass is 9.85. The summed E-state index contributed by atoms with van der Waals surface area (Å²) in [7, 11) is 0. The van der Waals surface area contributed by atoms with Crippen molar-refractivity contribution in [3.8, 4) is 0 Å². The second-order valence-electron chi connectivity index (χ2n) is 6.74. The van der Waals surface area contributed by atoms with Crippen LogP contribution in [0.5, 0.6) is 0 Å². The first kappa shape index (κ1) is 16.0. The Balaban J connectivity index is 2.04. The van der Waals surface area contributed by atoms with Crippen molar-refractivity contribution in [3.63, 3.8) is 0 Å². The van der Waals surface area contributed by atoms with Gasteiger partial charge in [-0.25, -0.2) is 9.97 Å². The largest absolute Gasteiger partial charge is 0.369 e. The summed E-state index contributed by atoms with van der Waals surface area (Å²) < 4.78 is 0. The molecule has 0 atom stereocenters. The molecule has 0 unspecified atom stereocenters. The number of hydrogen-bond donors (Lipinski definition) is 2. The van der Waals surface area contributed by atoms with Crippen LogP contribution in [-0.2, 0) is 10.2 Å². The highest BCUT2D eigenvalue weighted by atomic mass is 35.5. The fourth-order valence-corrected chi connectivity index (χ4v) is 2.74. The molecule has 116 valence electrons. The normalized spacial score (nSPS) is 22.9. The average Bonchev–Trinajstić information content (AvgIpc) is 2.37. The molecule has 21 heavy (non-hydrogen) atoms. The lowest BCUT2D eigenvalue weighted by Gasteiger charge is -2.28. The molecule has 0 aromatic carbocycles. The van der Waals surface area contributed by atoms with Gasteiger partial charge in [0.25, 0.3) is 0 Å². The number of nitrogens with one attached hydrogen (secondary N) is 1. The van der Waals surface area contributed by atoms with Gasteiger partial charge in [0.15, 0.2) is 0 Å². The smallest absolute Gasteiger partial charge is 0.220 e. The van der Waals surface area contributed by atoms with E-state index in [4.69, 9.17) is 17.3 Å². The molecule has 1 amide bonds. The first-order chi connectivity index (χ1) is 9.75. The Kier molecular flexibility index (Phi) is 4.71. The highest BCUT2D eigenvalue weighted by Crippen LogP contribution is 2.27. The quantitative estimate of drug-likeness (QED) is 0.841. The minimum atomic E-state index is -0.187. The fourth-order valence-electron chi connectivity index (χ4n) is 2.56. The molecule has 6 heteroatoms. The van der Waals surface area contributed by atoms with Gasteiger partial charge in [0.1, 0.15) is 16.8 Å². The van der Waals surface area contributed by atoms with Gasteiger partial charge < -0.3 is 11.1 Å². The summed E-state index contributed by atoms with van der Waals surface area (Å²) in [5, 5.41) is 3.85. The zero-order valence-electron chi connectivity index (χ0n) is 12.8. The number of carbonyl (C=O) groups is 1. The van der Waals surface area contributed by atoms with E-state index >= 15 is 0 Å². The van der Waals surface area contributed by atoms with Crippen molar-refractivity contribution in [2.75, 3.05) is 5.32 Å². The van der Waals surface area contributed by atoms with Crippen molar-refractivity contribution in [3.05, 3.63) is 17.0 Å². The summed E-state index contributed by atoms with van der Waals surface area (Å²) in [6, 6.07) is 2.05. The molecule has 0 saturated heterocycles. The molecule has 1 aromatic rings. The lowest BCUT2D eigenvalue weighted by Crippen LogP contribution is -2.32. The maximum absolute atomic E-state index is 11.2. The lowest BCUT2D eigenvalue weighted by molar-refractivity contribution is -0.122. The number of nitrogens with zero attached hydrogens (tertiary/aromatic N) is 2. The topological polar surface area (TPSA) is 80.9 Å². The summed E-state index contributed by atoms with van der Waals surface area (Å²) >= 11 is 6.09. The first-order valence-corrected chi connectivity index (χ1v) is 7.74. The van der Waals surface area contributed by atoms with E-state index in [0.717, 1.165) is 37.3 Å². The minimum Gasteiger partial charge on any atom is -0.369 e. The van der Waals surface area contributed by atoms with E-state index < -0.39 is 0 Å². The molecule has 3 N–H and O–H groups in total. The predicted molar refractivity (Wildman–Crippen MR) is 84.3 cm³/mol. The van der Waals surface area contributed by atoms with Crippen LogP contribution in [-0.4, -0.2) is 21.9 Å². The molecule has 0 spiro atoms. The Morgan fingerprint density at radius 1 is 1.29 bits per heavy atom. The van der Waals surface area contributed by atoms with Crippen molar-refractivity contribution >= 4 is 23.3 Å². The summed E-state index contributed by atoms with van der Waals surface area (Å²) in [5.41, 5.74) is 5.21. The average molecular weight is 311 g/mol. The molecule has 5 nitrogen and oxygen atoms in total. The number of rotatable bonds is 3. The SMILES string of the molecule is CC(C)(C)c1nc(Cl)cc(NC2CCC(C(N)=O)CC2)n1. The standard InChI is InChI=1S/C15H23ClN4O/c1-15(2,3)14-19-11(16)8-12(20-14)18-10-6-4-9(5-7-10)13(17)21/h8-10H,4-7H2,1-3H3,(H2,17,21)(H,18,19,20). The molecule has 0 aliphatic heterocycles. The first-order valence-electron chi connectivity index (χ1n) is 7.36. The number of primary amides is 1. The number of hydrogen-bond acceptors (Lipinski definition) is 4. The van der Waals surface area contributed by atoms with Gasteiger partial charge in [-0.05, 0) is 25.7 Å². The summed E-state index contributed by atoms with van der Waals surface area (Å²) in [4.78, 5) is 20.0. The van der Waals surface area contributed by atoms with Gasteiger partial charge in [0, 0.05) is 23.4 Å². The van der Waals surface area contributed by atoms with Crippen LogP contribution < -0.4 is 11.1 Å². The van der Waals surface area contributed by atoms with E-state index in [1.165, 1.54) is 0 Å². The highest BCUT2D eigenvalue weighted by molar-refractivity contribution is 6.29. The van der Waals surface area contributed by atoms with Crippen LogP contribution in [0.4, 0.5) is 5.82 Å². The molecular weight excluding hydrogens is 288 g/mol. The van der Waals surface area contributed by atoms with E-state index in [9.17, 15) is 4.79 Å². The third kappa shape index (κ3) is 4.30. The monoisotopic (exact) mass is 310 g/mol. The van der Waals surface area contributed by atoms with Crippen LogP contribution in [0.15, 0.2) is 6.07 Å². The van der Waals surface area contributed by atoms with Crippen LogP contribution in [0.25, 0.3) is 0 Å². The molecule has 1 heterocycles. The van der Waals surface area contributed by atoms with Crippen LogP contribution in [0.3, 0.4) is 0 Å². The van der Waals surface area contributed by atoms with Crippen LogP contribution in [0, 0.1) is 5.92 Å². The van der Waals surface area contributed by atoms with Gasteiger partial charge in [-0.15, -0.1) is 0 Å². The number of amides is 1. The highest BCUT2D eigenvalue weighted by Gasteiger charge is 2.25. The van der Waals surface area contributed by atoms with Gasteiger partial charge in [-0.3, -0.25) is 4.79 Å². The molecule has 2 rings (SSSR count). The Morgan fingerprint density at radius 2 is 1.90 bits per heavy atom. The Labute approximate surface area is 130 Å². The second-order valence-corrected chi connectivity index (χ2v) is 7.13. The molecule has 1 aliphatic rings. The summed E-state index contributed by atoms with van der Waals surface area (Å²) in [5.74, 6) is 1.31. The van der Waals surface area contributed by atoms with Crippen molar-refractivity contribution in [2.24, 2.45) is 11.7 Å². The zero-order chi connectivity index (χ0) is 15.6. The Hall–Kier alpha value is -1.36. The van der Waals surface area contributed by atoms with E-state index in [0.29, 0.717) is 11.2 Å². The molecule has 1 fully saturated rings. The van der Waals surface area contributed by atoms with E-state index in [1.54, 1.807) is 6.07 Å². The van der Waals surface area contributed by atoms with Crippen molar-refractivity contribution in [2.45, 2.75) is 57.9 Å². The second kappa shape index (κ2) is 6.18. The zero-order valence-corrected chi connectivity index (χ0v) is 13.6. The Morgan fingerprint density at radius 3 is 2.43 bits per heavy atom. The van der Waals surface area contributed by atoms with E-state index in [-0.39, 0.29) is 17.2 Å². The van der Waals surface area contributed by atoms with Gasteiger partial charge in [-0.1, -0.05) is 32.4 Å². The number of halogens is 1. The van der Waals surface area contributed by atoms with E-state index in [1.807, 2.05) is 0 Å². The van der Waals surface area contributed by atoms with Gasteiger partial charge in [0.05, 0.1) is 0 Å². The molecule has 0 bridgehead atoms. The van der Waals surface area contributed by atoms with Crippen LogP contribution in [0.1, 0.15) is 52.3 Å². The van der Waals surface area contributed by atoms with Crippen molar-refractivity contribution in [1.82, 2.24) is 9.97 Å². The Bertz CT molecular complexity index is 519. The summed E-state index contributed by atoms with van der Waals surface area (Å²) in [6.45, 7) is 6.17.